The van der Waals surface area contributed by atoms with Gasteiger partial charge in [0, 0.05) is 0 Å². The zero-order valence-electron chi connectivity index (χ0n) is 10.9. The molecule has 1 aliphatic carbocycles. The smallest absolute Gasteiger partial charge is 0.320 e. The molecule has 1 aromatic rings. The number of carbonyl (C=O) groups excluding carboxylic acids is 1. The lowest BCUT2D eigenvalue weighted by atomic mass is 10.0. The average molecular weight is 259 g/mol. The summed E-state index contributed by atoms with van der Waals surface area (Å²) >= 11 is 0. The molecule has 5 nitrogen and oxygen atoms in total. The van der Waals surface area contributed by atoms with Gasteiger partial charge >= 0.3 is 6.03 Å². The number of anilines is 1. The molecule has 100 valence electrons. The van der Waals surface area contributed by atoms with E-state index >= 15 is 0 Å². The van der Waals surface area contributed by atoms with Crippen molar-refractivity contribution in [2.45, 2.75) is 31.2 Å². The molecule has 0 saturated heterocycles. The molecule has 0 bridgehead atoms. The third-order valence-electron chi connectivity index (χ3n) is 3.38. The summed E-state index contributed by atoms with van der Waals surface area (Å²) in [6, 6.07) is 9.02. The first kappa shape index (κ1) is 13.2. The summed E-state index contributed by atoms with van der Waals surface area (Å²) in [5, 5.41) is 14.7. The molecule has 0 aromatic heterocycles. The fourth-order valence-corrected chi connectivity index (χ4v) is 2.36. The van der Waals surface area contributed by atoms with Crippen LogP contribution in [0.3, 0.4) is 0 Å². The molecular weight excluding hydrogens is 242 g/mol. The van der Waals surface area contributed by atoms with E-state index in [4.69, 9.17) is 4.74 Å². The quantitative estimate of drug-likeness (QED) is 0.876. The van der Waals surface area contributed by atoms with E-state index in [2.05, 4.69) is 16.7 Å². The van der Waals surface area contributed by atoms with Gasteiger partial charge in [-0.05, 0) is 37.8 Å². The number of carbonyl (C=O) groups is 1. The second kappa shape index (κ2) is 5.61. The molecule has 19 heavy (non-hydrogen) atoms. The van der Waals surface area contributed by atoms with Gasteiger partial charge in [0.1, 0.15) is 11.3 Å². The van der Waals surface area contributed by atoms with Gasteiger partial charge in [-0.2, -0.15) is 5.26 Å². The Morgan fingerprint density at radius 1 is 1.37 bits per heavy atom. The predicted molar refractivity (Wildman–Crippen MR) is 72.0 cm³/mol. The molecule has 1 fully saturated rings. The van der Waals surface area contributed by atoms with Crippen LogP contribution in [0.4, 0.5) is 10.5 Å². The van der Waals surface area contributed by atoms with Crippen LogP contribution in [0.2, 0.25) is 0 Å². The van der Waals surface area contributed by atoms with Crippen molar-refractivity contribution in [3.05, 3.63) is 24.3 Å². The predicted octanol–water partition coefficient (Wildman–Crippen LogP) is 2.65. The Morgan fingerprint density at radius 2 is 2.05 bits per heavy atom. The van der Waals surface area contributed by atoms with Crippen molar-refractivity contribution in [3.63, 3.8) is 0 Å². The van der Waals surface area contributed by atoms with E-state index < -0.39 is 5.54 Å². The lowest BCUT2D eigenvalue weighted by molar-refractivity contribution is 0.244. The highest BCUT2D eigenvalue weighted by Crippen LogP contribution is 2.29. The summed E-state index contributed by atoms with van der Waals surface area (Å²) in [5.74, 6) is 0.593. The molecule has 0 atom stereocenters. The number of nitriles is 1. The molecule has 5 heteroatoms. The van der Waals surface area contributed by atoms with E-state index in [-0.39, 0.29) is 6.03 Å². The first-order valence-corrected chi connectivity index (χ1v) is 6.32. The van der Waals surface area contributed by atoms with Crippen LogP contribution in [0.1, 0.15) is 25.7 Å². The molecule has 0 unspecified atom stereocenters. The van der Waals surface area contributed by atoms with E-state index in [0.29, 0.717) is 24.3 Å². The van der Waals surface area contributed by atoms with Gasteiger partial charge in [0.15, 0.2) is 0 Å². The zero-order chi connectivity index (χ0) is 13.7. The van der Waals surface area contributed by atoms with Crippen LogP contribution in [0.5, 0.6) is 5.75 Å². The lowest BCUT2D eigenvalue weighted by Gasteiger charge is -2.22. The zero-order valence-corrected chi connectivity index (χ0v) is 10.9. The number of amides is 2. The molecule has 0 spiro atoms. The largest absolute Gasteiger partial charge is 0.495 e. The molecule has 2 N–H and O–H groups in total. The van der Waals surface area contributed by atoms with Gasteiger partial charge in [-0.3, -0.25) is 0 Å². The third-order valence-corrected chi connectivity index (χ3v) is 3.38. The summed E-state index contributed by atoms with van der Waals surface area (Å²) in [6.45, 7) is 0. The second-order valence-electron chi connectivity index (χ2n) is 4.68. The molecule has 0 radical (unpaired) electrons. The van der Waals surface area contributed by atoms with E-state index in [1.807, 2.05) is 12.1 Å². The van der Waals surface area contributed by atoms with E-state index in [9.17, 15) is 10.1 Å². The maximum atomic E-state index is 12.0. The first-order chi connectivity index (χ1) is 9.19. The maximum absolute atomic E-state index is 12.0. The van der Waals surface area contributed by atoms with Crippen LogP contribution >= 0.6 is 0 Å². The van der Waals surface area contributed by atoms with Gasteiger partial charge in [-0.25, -0.2) is 4.79 Å². The standard InChI is InChI=1S/C14H17N3O2/c1-19-12-7-3-2-6-11(12)16-13(18)17-14(10-15)8-4-5-9-14/h2-3,6-7H,4-5,8-9H2,1H3,(H2,16,17,18). The number of nitrogens with one attached hydrogen (secondary N) is 2. The minimum absolute atomic E-state index is 0.368. The summed E-state index contributed by atoms with van der Waals surface area (Å²) in [4.78, 5) is 12.0. The Labute approximate surface area is 112 Å². The van der Waals surface area contributed by atoms with Crippen molar-refractivity contribution in [2.24, 2.45) is 0 Å². The van der Waals surface area contributed by atoms with E-state index in [1.165, 1.54) is 0 Å². The lowest BCUT2D eigenvalue weighted by Crippen LogP contribution is -2.47. The average Bonchev–Trinajstić information content (AvgIpc) is 2.88. The Bertz CT molecular complexity index is 502. The minimum Gasteiger partial charge on any atom is -0.495 e. The molecule has 2 amide bonds. The fraction of sp³-hybridized carbons (Fsp3) is 0.429. The van der Waals surface area contributed by atoms with Crippen LogP contribution in [-0.2, 0) is 0 Å². The summed E-state index contributed by atoms with van der Waals surface area (Å²) in [5.41, 5.74) is -0.125. The van der Waals surface area contributed by atoms with E-state index in [1.54, 1.807) is 19.2 Å². The minimum atomic E-state index is -0.716. The molecule has 0 aliphatic heterocycles. The molecule has 2 rings (SSSR count). The van der Waals surface area contributed by atoms with Crippen molar-refractivity contribution in [1.29, 1.82) is 5.26 Å². The Morgan fingerprint density at radius 3 is 2.68 bits per heavy atom. The van der Waals surface area contributed by atoms with Gasteiger partial charge in [0.25, 0.3) is 0 Å². The summed E-state index contributed by atoms with van der Waals surface area (Å²) in [7, 11) is 1.55. The normalized spacial score (nSPS) is 16.4. The number of hydrogen-bond donors (Lipinski definition) is 2. The van der Waals surface area contributed by atoms with Crippen LogP contribution in [0.15, 0.2) is 24.3 Å². The van der Waals surface area contributed by atoms with E-state index in [0.717, 1.165) is 12.8 Å². The van der Waals surface area contributed by atoms with Crippen molar-refractivity contribution in [3.8, 4) is 11.8 Å². The van der Waals surface area contributed by atoms with Crippen LogP contribution in [-0.4, -0.2) is 18.7 Å². The molecule has 0 heterocycles. The number of methoxy groups -OCH3 is 1. The highest BCUT2D eigenvalue weighted by molar-refractivity contribution is 5.91. The van der Waals surface area contributed by atoms with Crippen LogP contribution < -0.4 is 15.4 Å². The number of hydrogen-bond acceptors (Lipinski definition) is 3. The Balaban J connectivity index is 2.03. The fourth-order valence-electron chi connectivity index (χ4n) is 2.36. The number of rotatable bonds is 3. The Kier molecular flexibility index (Phi) is 3.91. The molecule has 1 aromatic carbocycles. The van der Waals surface area contributed by atoms with Gasteiger partial charge in [0.2, 0.25) is 0 Å². The maximum Gasteiger partial charge on any atom is 0.320 e. The number of ether oxygens (including phenoxy) is 1. The monoisotopic (exact) mass is 259 g/mol. The SMILES string of the molecule is COc1ccccc1NC(=O)NC1(C#N)CCCC1. The molecular formula is C14H17N3O2. The summed E-state index contributed by atoms with van der Waals surface area (Å²) < 4.78 is 5.16. The molecule has 1 saturated carbocycles. The topological polar surface area (TPSA) is 74.2 Å². The van der Waals surface area contributed by atoms with Crippen molar-refractivity contribution >= 4 is 11.7 Å². The number of para-hydroxylation sites is 2. The van der Waals surface area contributed by atoms with Gasteiger partial charge in [-0.15, -0.1) is 0 Å². The highest BCUT2D eigenvalue weighted by atomic mass is 16.5. The van der Waals surface area contributed by atoms with Gasteiger partial charge < -0.3 is 15.4 Å². The van der Waals surface area contributed by atoms with Gasteiger partial charge in [-0.1, -0.05) is 12.1 Å². The molecule has 1 aliphatic rings. The number of urea groups is 1. The third kappa shape index (κ3) is 2.97. The van der Waals surface area contributed by atoms with Gasteiger partial charge in [0.05, 0.1) is 18.9 Å². The van der Waals surface area contributed by atoms with Crippen molar-refractivity contribution in [2.75, 3.05) is 12.4 Å². The van der Waals surface area contributed by atoms with Crippen LogP contribution in [0, 0.1) is 11.3 Å². The van der Waals surface area contributed by atoms with Crippen LogP contribution in [0.25, 0.3) is 0 Å². The summed E-state index contributed by atoms with van der Waals surface area (Å²) in [6.07, 6.45) is 3.37. The number of nitrogens with zero attached hydrogens (tertiary/aromatic N) is 1. The number of benzene rings is 1. The Hall–Kier alpha value is -2.22. The van der Waals surface area contributed by atoms with Crippen molar-refractivity contribution in [1.82, 2.24) is 5.32 Å². The second-order valence-corrected chi connectivity index (χ2v) is 4.68. The van der Waals surface area contributed by atoms with Crippen molar-refractivity contribution < 1.29 is 9.53 Å². The first-order valence-electron chi connectivity index (χ1n) is 6.32. The highest BCUT2D eigenvalue weighted by Gasteiger charge is 2.35.